The fourth-order valence-electron chi connectivity index (χ4n) is 8.47. The molecule has 12 rings (SSSR count). The molecule has 0 atom stereocenters. The van der Waals surface area contributed by atoms with Gasteiger partial charge in [0.2, 0.25) is 0 Å². The maximum absolute atomic E-state index is 6.64. The summed E-state index contributed by atoms with van der Waals surface area (Å²) in [4.78, 5) is 15.4. The highest BCUT2D eigenvalue weighted by atomic mass is 16.3. The van der Waals surface area contributed by atoms with Crippen LogP contribution in [0.3, 0.4) is 0 Å². The Kier molecular flexibility index (Phi) is 6.83. The molecule has 0 aliphatic carbocycles. The molecule has 0 N–H and O–H groups in total. The molecule has 6 nitrogen and oxygen atoms in total. The van der Waals surface area contributed by atoms with Gasteiger partial charge in [0, 0.05) is 60.3 Å². The zero-order chi connectivity index (χ0) is 37.5. The molecular weight excluding hydrogens is 701 g/mol. The van der Waals surface area contributed by atoms with E-state index in [1.807, 2.05) is 54.6 Å². The molecule has 0 spiro atoms. The molecule has 0 saturated heterocycles. The molecule has 0 aliphatic rings. The largest absolute Gasteiger partial charge is 0.456 e. The van der Waals surface area contributed by atoms with Crippen LogP contribution in [0.5, 0.6) is 0 Å². The van der Waals surface area contributed by atoms with Crippen molar-refractivity contribution >= 4 is 65.7 Å². The van der Waals surface area contributed by atoms with Gasteiger partial charge in [-0.05, 0) is 54.1 Å². The standard InChI is InChI=1S/C51H30N4O2/c1-3-13-31(14-4-1)35-19-11-20-39-38-27-25-33(29-46(38)57-48(35)39)50-52-49(32-15-5-2-6-16-32)53-51(54-50)40-21-12-24-45-47(40)41-30-34(26-28-44(41)56-45)55-42-22-9-7-17-36(42)37-18-8-10-23-43(37)55/h1-30H. The van der Waals surface area contributed by atoms with Crippen molar-refractivity contribution in [3.8, 4) is 51.0 Å². The molecule has 6 heteroatoms. The summed E-state index contributed by atoms with van der Waals surface area (Å²) < 4.78 is 15.5. The summed E-state index contributed by atoms with van der Waals surface area (Å²) in [6, 6.07) is 62.6. The summed E-state index contributed by atoms with van der Waals surface area (Å²) in [6.45, 7) is 0. The normalized spacial score (nSPS) is 11.9. The molecule has 0 amide bonds. The van der Waals surface area contributed by atoms with E-state index in [1.54, 1.807) is 0 Å². The number of rotatable bonds is 5. The summed E-state index contributed by atoms with van der Waals surface area (Å²) in [6.07, 6.45) is 0. The van der Waals surface area contributed by atoms with Gasteiger partial charge >= 0.3 is 0 Å². The lowest BCUT2D eigenvalue weighted by Gasteiger charge is -2.10. The minimum Gasteiger partial charge on any atom is -0.456 e. The van der Waals surface area contributed by atoms with Gasteiger partial charge in [0.05, 0.1) is 11.0 Å². The smallest absolute Gasteiger partial charge is 0.164 e. The Morgan fingerprint density at radius 3 is 1.75 bits per heavy atom. The number of furan rings is 2. The van der Waals surface area contributed by atoms with Crippen LogP contribution in [0.4, 0.5) is 0 Å². The van der Waals surface area contributed by atoms with Crippen LogP contribution in [0, 0.1) is 0 Å². The van der Waals surface area contributed by atoms with Gasteiger partial charge in [-0.25, -0.2) is 15.0 Å². The third-order valence-corrected chi connectivity index (χ3v) is 11.1. The Morgan fingerprint density at radius 2 is 0.982 bits per heavy atom. The van der Waals surface area contributed by atoms with Crippen LogP contribution in [0.2, 0.25) is 0 Å². The van der Waals surface area contributed by atoms with Crippen molar-refractivity contribution < 1.29 is 8.83 Å². The number of fused-ring (bicyclic) bond motifs is 9. The zero-order valence-electron chi connectivity index (χ0n) is 30.4. The van der Waals surface area contributed by atoms with Gasteiger partial charge in [0.1, 0.15) is 22.3 Å². The van der Waals surface area contributed by atoms with Gasteiger partial charge in [0.25, 0.3) is 0 Å². The maximum Gasteiger partial charge on any atom is 0.164 e. The molecule has 0 saturated carbocycles. The number of benzene rings is 8. The number of hydrogen-bond acceptors (Lipinski definition) is 5. The molecule has 12 aromatic rings. The van der Waals surface area contributed by atoms with Crippen LogP contribution in [0.25, 0.3) is 117 Å². The lowest BCUT2D eigenvalue weighted by atomic mass is 10.0. The first-order chi connectivity index (χ1) is 28.2. The lowest BCUT2D eigenvalue weighted by Crippen LogP contribution is -2.00. The first-order valence-electron chi connectivity index (χ1n) is 19.0. The van der Waals surface area contributed by atoms with Crippen LogP contribution in [0.1, 0.15) is 0 Å². The average Bonchev–Trinajstić information content (AvgIpc) is 3.96. The van der Waals surface area contributed by atoms with Gasteiger partial charge in [-0.3, -0.25) is 0 Å². The minimum atomic E-state index is 0.556. The Bertz CT molecular complexity index is 3470. The highest BCUT2D eigenvalue weighted by molar-refractivity contribution is 6.14. The van der Waals surface area contributed by atoms with Crippen molar-refractivity contribution in [3.05, 3.63) is 182 Å². The first-order valence-corrected chi connectivity index (χ1v) is 19.0. The van der Waals surface area contributed by atoms with E-state index >= 15 is 0 Å². The van der Waals surface area contributed by atoms with E-state index in [4.69, 9.17) is 23.8 Å². The number of hydrogen-bond donors (Lipinski definition) is 0. The second-order valence-electron chi connectivity index (χ2n) is 14.4. The number of para-hydroxylation sites is 3. The SMILES string of the molecule is c1ccc(-c2nc(-c3ccc4c(c3)oc3c(-c5ccccc5)cccc34)nc(-c3cccc4oc5ccc(-n6c7ccccc7c7ccccc76)cc5c34)n2)cc1. The van der Waals surface area contributed by atoms with E-state index in [1.165, 1.54) is 10.8 Å². The summed E-state index contributed by atoms with van der Waals surface area (Å²) >= 11 is 0. The Morgan fingerprint density at radius 1 is 0.351 bits per heavy atom. The Labute approximate surface area is 325 Å². The summed E-state index contributed by atoms with van der Waals surface area (Å²) in [5.74, 6) is 1.70. The summed E-state index contributed by atoms with van der Waals surface area (Å²) in [5, 5.41) is 6.48. The Hall–Kier alpha value is -7.83. The van der Waals surface area contributed by atoms with Crippen molar-refractivity contribution in [1.29, 1.82) is 0 Å². The van der Waals surface area contributed by atoms with Crippen molar-refractivity contribution in [1.82, 2.24) is 19.5 Å². The molecule has 57 heavy (non-hydrogen) atoms. The third-order valence-electron chi connectivity index (χ3n) is 11.1. The van der Waals surface area contributed by atoms with Crippen molar-refractivity contribution in [2.75, 3.05) is 0 Å². The molecule has 4 aromatic heterocycles. The van der Waals surface area contributed by atoms with Gasteiger partial charge in [-0.15, -0.1) is 0 Å². The zero-order valence-corrected chi connectivity index (χ0v) is 30.4. The highest BCUT2D eigenvalue weighted by Gasteiger charge is 2.20. The van der Waals surface area contributed by atoms with Crippen LogP contribution >= 0.6 is 0 Å². The monoisotopic (exact) mass is 730 g/mol. The molecule has 0 unspecified atom stereocenters. The molecule has 8 aromatic carbocycles. The quantitative estimate of drug-likeness (QED) is 0.176. The lowest BCUT2D eigenvalue weighted by molar-refractivity contribution is 0.669. The van der Waals surface area contributed by atoms with E-state index in [-0.39, 0.29) is 0 Å². The highest BCUT2D eigenvalue weighted by Crippen LogP contribution is 2.41. The molecule has 0 fully saturated rings. The van der Waals surface area contributed by atoms with E-state index in [0.29, 0.717) is 17.5 Å². The van der Waals surface area contributed by atoms with Gasteiger partial charge in [0.15, 0.2) is 17.5 Å². The average molecular weight is 731 g/mol. The summed E-state index contributed by atoms with van der Waals surface area (Å²) in [7, 11) is 0. The van der Waals surface area contributed by atoms with Crippen LogP contribution in [0.15, 0.2) is 191 Å². The van der Waals surface area contributed by atoms with Gasteiger partial charge < -0.3 is 13.4 Å². The van der Waals surface area contributed by atoms with E-state index in [2.05, 4.69) is 132 Å². The van der Waals surface area contributed by atoms with Crippen LogP contribution < -0.4 is 0 Å². The van der Waals surface area contributed by atoms with Crippen molar-refractivity contribution in [2.45, 2.75) is 0 Å². The second-order valence-corrected chi connectivity index (χ2v) is 14.4. The minimum absolute atomic E-state index is 0.556. The fraction of sp³-hybridized carbons (Fsp3) is 0. The predicted molar refractivity (Wildman–Crippen MR) is 230 cm³/mol. The van der Waals surface area contributed by atoms with Gasteiger partial charge in [-0.2, -0.15) is 0 Å². The van der Waals surface area contributed by atoms with Crippen molar-refractivity contribution in [2.24, 2.45) is 0 Å². The predicted octanol–water partition coefficient (Wildman–Crippen LogP) is 13.4. The van der Waals surface area contributed by atoms with Crippen molar-refractivity contribution in [3.63, 3.8) is 0 Å². The van der Waals surface area contributed by atoms with Crippen LogP contribution in [-0.2, 0) is 0 Å². The van der Waals surface area contributed by atoms with E-state index in [9.17, 15) is 0 Å². The maximum atomic E-state index is 6.64. The van der Waals surface area contributed by atoms with Crippen LogP contribution in [-0.4, -0.2) is 19.5 Å². The number of aromatic nitrogens is 4. The van der Waals surface area contributed by atoms with Gasteiger partial charge in [-0.1, -0.05) is 133 Å². The molecular formula is C51H30N4O2. The fourth-order valence-corrected chi connectivity index (χ4v) is 8.47. The molecule has 4 heterocycles. The summed E-state index contributed by atoms with van der Waals surface area (Å²) in [5.41, 5.74) is 11.3. The third kappa shape index (κ3) is 4.94. The van der Waals surface area contributed by atoms with E-state index < -0.39 is 0 Å². The Balaban J connectivity index is 1.06. The first kappa shape index (κ1) is 31.5. The molecule has 0 radical (unpaired) electrons. The topological polar surface area (TPSA) is 69.9 Å². The molecule has 0 aliphatic heterocycles. The number of nitrogens with zero attached hydrogens (tertiary/aromatic N) is 4. The second kappa shape index (κ2) is 12.3. The molecule has 0 bridgehead atoms. The van der Waals surface area contributed by atoms with E-state index in [0.717, 1.165) is 88.4 Å². The molecule has 266 valence electrons.